The van der Waals surface area contributed by atoms with E-state index >= 15 is 0 Å². The van der Waals surface area contributed by atoms with Gasteiger partial charge in [-0.1, -0.05) is 11.6 Å². The number of hydrogen-bond donors (Lipinski definition) is 1. The lowest BCUT2D eigenvalue weighted by molar-refractivity contribution is -0.143. The van der Waals surface area contributed by atoms with Gasteiger partial charge in [0.15, 0.2) is 0 Å². The Morgan fingerprint density at radius 3 is 2.87 bits per heavy atom. The van der Waals surface area contributed by atoms with Crippen LogP contribution in [0.4, 0.5) is 0 Å². The first-order valence-electron chi connectivity index (χ1n) is 4.83. The van der Waals surface area contributed by atoms with Crippen LogP contribution >= 0.6 is 11.6 Å². The third kappa shape index (κ3) is 3.19. The zero-order chi connectivity index (χ0) is 11.4. The summed E-state index contributed by atoms with van der Waals surface area (Å²) in [4.78, 5) is 12.9. The Morgan fingerprint density at radius 1 is 1.67 bits per heavy atom. The molecule has 1 aliphatic heterocycles. The lowest BCUT2D eigenvalue weighted by atomic mass is 10.0. The Labute approximate surface area is 94.5 Å². The van der Waals surface area contributed by atoms with Crippen LogP contribution in [0, 0.1) is 5.92 Å². The number of ether oxygens (including phenoxy) is 1. The fourth-order valence-corrected chi connectivity index (χ4v) is 1.83. The van der Waals surface area contributed by atoms with E-state index in [1.54, 1.807) is 0 Å². The smallest absolute Gasteiger partial charge is 0.310 e. The van der Waals surface area contributed by atoms with Gasteiger partial charge in [0.1, 0.15) is 0 Å². The quantitative estimate of drug-likeness (QED) is 0.792. The van der Waals surface area contributed by atoms with Gasteiger partial charge in [-0.15, -0.1) is 0 Å². The van der Waals surface area contributed by atoms with E-state index in [4.69, 9.17) is 21.4 Å². The van der Waals surface area contributed by atoms with Crippen LogP contribution in [0.25, 0.3) is 0 Å². The van der Waals surface area contributed by atoms with Crippen LogP contribution in [0.1, 0.15) is 6.92 Å². The third-order valence-electron chi connectivity index (χ3n) is 2.62. The molecule has 1 rings (SSSR count). The number of aliphatic carboxylic acids is 1. The topological polar surface area (TPSA) is 49.8 Å². The molecule has 0 amide bonds. The number of hydrogen-bond acceptors (Lipinski definition) is 3. The third-order valence-corrected chi connectivity index (χ3v) is 2.99. The van der Waals surface area contributed by atoms with Crippen LogP contribution in [0.5, 0.6) is 0 Å². The molecular weight excluding hydrogens is 218 g/mol. The molecule has 0 aliphatic carbocycles. The molecule has 1 fully saturated rings. The van der Waals surface area contributed by atoms with Crippen LogP contribution in [-0.2, 0) is 9.53 Å². The monoisotopic (exact) mass is 233 g/mol. The minimum atomic E-state index is -0.795. The SMILES string of the molecule is CC(=CCl)CN(C)C1COCC1C(=O)O. The number of carbonyl (C=O) groups is 1. The Hall–Kier alpha value is -0.580. The maximum absolute atomic E-state index is 10.9. The maximum atomic E-state index is 10.9. The van der Waals surface area contributed by atoms with Gasteiger partial charge in [-0.05, 0) is 19.5 Å². The van der Waals surface area contributed by atoms with Gasteiger partial charge in [0, 0.05) is 18.1 Å². The van der Waals surface area contributed by atoms with E-state index in [2.05, 4.69) is 0 Å². The summed E-state index contributed by atoms with van der Waals surface area (Å²) in [7, 11) is 1.89. The second-order valence-corrected chi connectivity index (χ2v) is 4.14. The summed E-state index contributed by atoms with van der Waals surface area (Å²) >= 11 is 5.57. The van der Waals surface area contributed by atoms with Gasteiger partial charge in [-0.2, -0.15) is 0 Å². The van der Waals surface area contributed by atoms with E-state index < -0.39 is 11.9 Å². The van der Waals surface area contributed by atoms with Crippen molar-refractivity contribution in [1.29, 1.82) is 0 Å². The molecule has 1 heterocycles. The second-order valence-electron chi connectivity index (χ2n) is 3.92. The lowest BCUT2D eigenvalue weighted by Gasteiger charge is -2.26. The summed E-state index contributed by atoms with van der Waals surface area (Å²) in [6, 6.07) is -0.0610. The van der Waals surface area contributed by atoms with E-state index in [1.807, 2.05) is 18.9 Å². The van der Waals surface area contributed by atoms with Gasteiger partial charge in [-0.3, -0.25) is 9.69 Å². The van der Waals surface area contributed by atoms with Crippen LogP contribution in [0.2, 0.25) is 0 Å². The highest BCUT2D eigenvalue weighted by Gasteiger charge is 2.36. The zero-order valence-corrected chi connectivity index (χ0v) is 9.70. The first-order valence-corrected chi connectivity index (χ1v) is 5.26. The number of halogens is 1. The van der Waals surface area contributed by atoms with Crippen molar-refractivity contribution in [1.82, 2.24) is 4.90 Å². The summed E-state index contributed by atoms with van der Waals surface area (Å²) in [6.45, 7) is 3.35. The van der Waals surface area contributed by atoms with Gasteiger partial charge in [0.2, 0.25) is 0 Å². The minimum absolute atomic E-state index is 0.0610. The van der Waals surface area contributed by atoms with Crippen LogP contribution < -0.4 is 0 Å². The number of rotatable bonds is 4. The van der Waals surface area contributed by atoms with Gasteiger partial charge in [0.25, 0.3) is 0 Å². The highest BCUT2D eigenvalue weighted by Crippen LogP contribution is 2.19. The first kappa shape index (κ1) is 12.5. The summed E-state index contributed by atoms with van der Waals surface area (Å²) < 4.78 is 5.19. The van der Waals surface area contributed by atoms with Crippen molar-refractivity contribution in [3.8, 4) is 0 Å². The summed E-state index contributed by atoms with van der Waals surface area (Å²) in [6.07, 6.45) is 0. The molecule has 2 atom stereocenters. The van der Waals surface area contributed by atoms with Crippen molar-refractivity contribution in [2.75, 3.05) is 26.8 Å². The Balaban J connectivity index is 2.58. The summed E-state index contributed by atoms with van der Waals surface area (Å²) in [5, 5.41) is 8.98. The number of carboxylic acids is 1. The van der Waals surface area contributed by atoms with Crippen molar-refractivity contribution in [3.05, 3.63) is 11.1 Å². The maximum Gasteiger partial charge on any atom is 0.310 e. The molecule has 0 aromatic carbocycles. The van der Waals surface area contributed by atoms with E-state index in [0.29, 0.717) is 19.8 Å². The summed E-state index contributed by atoms with van der Waals surface area (Å²) in [5.41, 5.74) is 2.53. The van der Waals surface area contributed by atoms with Crippen molar-refractivity contribution >= 4 is 17.6 Å². The number of carboxylic acid groups (broad SMARTS) is 1. The molecule has 0 radical (unpaired) electrons. The van der Waals surface area contributed by atoms with E-state index in [1.165, 1.54) is 5.54 Å². The van der Waals surface area contributed by atoms with Crippen LogP contribution in [0.15, 0.2) is 11.1 Å². The molecule has 0 aromatic rings. The normalized spacial score (nSPS) is 27.3. The van der Waals surface area contributed by atoms with Gasteiger partial charge in [0.05, 0.1) is 19.1 Å². The van der Waals surface area contributed by atoms with Crippen LogP contribution in [0.3, 0.4) is 0 Å². The fraction of sp³-hybridized carbons (Fsp3) is 0.700. The molecule has 0 bridgehead atoms. The molecule has 1 saturated heterocycles. The second kappa shape index (κ2) is 5.49. The molecule has 15 heavy (non-hydrogen) atoms. The molecule has 1 aliphatic rings. The Bertz CT molecular complexity index is 267. The van der Waals surface area contributed by atoms with Crippen molar-refractivity contribution in [3.63, 3.8) is 0 Å². The molecule has 0 aromatic heterocycles. The van der Waals surface area contributed by atoms with Crippen LogP contribution in [-0.4, -0.2) is 48.8 Å². The molecule has 2 unspecified atom stereocenters. The molecule has 1 N–H and O–H groups in total. The average molecular weight is 234 g/mol. The molecule has 4 nitrogen and oxygen atoms in total. The van der Waals surface area contributed by atoms with E-state index in [9.17, 15) is 4.79 Å². The van der Waals surface area contributed by atoms with Gasteiger partial charge >= 0.3 is 5.97 Å². The van der Waals surface area contributed by atoms with E-state index in [0.717, 1.165) is 5.57 Å². The standard InChI is InChI=1S/C10H16ClNO3/c1-7(3-11)4-12(2)9-6-15-5-8(9)10(13)14/h3,8-9H,4-6H2,1-2H3,(H,13,14). The molecule has 5 heteroatoms. The highest BCUT2D eigenvalue weighted by molar-refractivity contribution is 6.25. The predicted octanol–water partition coefficient (Wildman–Crippen LogP) is 1.16. The fourth-order valence-electron chi connectivity index (χ4n) is 1.76. The van der Waals surface area contributed by atoms with Gasteiger partial charge in [-0.25, -0.2) is 0 Å². The number of likely N-dealkylation sites (N-methyl/N-ethyl adjacent to an activating group) is 1. The average Bonchev–Trinajstić information content (AvgIpc) is 2.65. The van der Waals surface area contributed by atoms with E-state index in [-0.39, 0.29) is 6.04 Å². The zero-order valence-electron chi connectivity index (χ0n) is 8.94. The predicted molar refractivity (Wildman–Crippen MR) is 58.0 cm³/mol. The lowest BCUT2D eigenvalue weighted by Crippen LogP contribution is -2.41. The molecule has 0 saturated carbocycles. The first-order chi connectivity index (χ1) is 7.06. The summed E-state index contributed by atoms with van der Waals surface area (Å²) in [5.74, 6) is -1.23. The number of nitrogens with zero attached hydrogens (tertiary/aromatic N) is 1. The Morgan fingerprint density at radius 2 is 2.33 bits per heavy atom. The van der Waals surface area contributed by atoms with Crippen molar-refractivity contribution in [2.45, 2.75) is 13.0 Å². The van der Waals surface area contributed by atoms with Gasteiger partial charge < -0.3 is 9.84 Å². The molecular formula is C10H16ClNO3. The minimum Gasteiger partial charge on any atom is -0.481 e. The molecule has 0 spiro atoms. The molecule has 86 valence electrons. The highest BCUT2D eigenvalue weighted by atomic mass is 35.5. The largest absolute Gasteiger partial charge is 0.481 e. The van der Waals surface area contributed by atoms with Crippen molar-refractivity contribution in [2.24, 2.45) is 5.92 Å². The van der Waals surface area contributed by atoms with Crippen molar-refractivity contribution < 1.29 is 14.6 Å². The Kier molecular flexibility index (Phi) is 4.57.